The van der Waals surface area contributed by atoms with E-state index in [1.165, 1.54) is 6.07 Å². The third-order valence-electron chi connectivity index (χ3n) is 2.91. The van der Waals surface area contributed by atoms with Gasteiger partial charge < -0.3 is 10.4 Å². The van der Waals surface area contributed by atoms with Crippen molar-refractivity contribution in [3.8, 4) is 0 Å². The van der Waals surface area contributed by atoms with Crippen LogP contribution in [0.2, 0.25) is 0 Å². The van der Waals surface area contributed by atoms with Gasteiger partial charge in [0.2, 0.25) is 0 Å². The molecular weight excluding hydrogens is 287 g/mol. The largest absolute Gasteiger partial charge is 0.477 e. The van der Waals surface area contributed by atoms with Crippen LogP contribution in [-0.4, -0.2) is 23.0 Å². The number of hydrogen-bond donors (Lipinski definition) is 2. The van der Waals surface area contributed by atoms with Crippen LogP contribution in [0.1, 0.15) is 24.0 Å². The molecule has 0 aliphatic heterocycles. The van der Waals surface area contributed by atoms with Gasteiger partial charge in [-0.05, 0) is 36.6 Å². The highest BCUT2D eigenvalue weighted by Gasteiger charge is 2.31. The highest BCUT2D eigenvalue weighted by atomic mass is 19.4. The molecule has 0 spiro atoms. The van der Waals surface area contributed by atoms with Gasteiger partial charge in [-0.1, -0.05) is 12.1 Å². The van der Waals surface area contributed by atoms with Crippen LogP contribution in [0.25, 0.3) is 6.08 Å². The lowest BCUT2D eigenvalue weighted by Gasteiger charge is -2.08. The second-order valence-corrected chi connectivity index (χ2v) is 4.73. The van der Waals surface area contributed by atoms with Crippen molar-refractivity contribution in [2.75, 3.05) is 0 Å². The van der Waals surface area contributed by atoms with Crippen molar-refractivity contribution in [3.63, 3.8) is 0 Å². The second-order valence-electron chi connectivity index (χ2n) is 4.73. The summed E-state index contributed by atoms with van der Waals surface area (Å²) >= 11 is 0. The van der Waals surface area contributed by atoms with E-state index in [2.05, 4.69) is 5.32 Å². The SMILES string of the molecule is O=C(O)/C(=C\c1cccc(C(F)(F)F)c1)C(=O)NC1CC1. The van der Waals surface area contributed by atoms with E-state index in [9.17, 15) is 22.8 Å². The van der Waals surface area contributed by atoms with Gasteiger partial charge in [-0.25, -0.2) is 4.79 Å². The molecule has 0 aromatic heterocycles. The van der Waals surface area contributed by atoms with Gasteiger partial charge in [-0.15, -0.1) is 0 Å². The lowest BCUT2D eigenvalue weighted by molar-refractivity contribution is -0.137. The van der Waals surface area contributed by atoms with Gasteiger partial charge >= 0.3 is 12.1 Å². The summed E-state index contributed by atoms with van der Waals surface area (Å²) < 4.78 is 37.8. The maximum Gasteiger partial charge on any atom is 0.416 e. The van der Waals surface area contributed by atoms with E-state index in [0.29, 0.717) is 0 Å². The Morgan fingerprint density at radius 1 is 1.29 bits per heavy atom. The molecule has 0 radical (unpaired) electrons. The molecule has 4 nitrogen and oxygen atoms in total. The molecule has 2 N–H and O–H groups in total. The normalized spacial score (nSPS) is 15.7. The first kappa shape index (κ1) is 15.1. The number of benzene rings is 1. The van der Waals surface area contributed by atoms with Crippen LogP contribution >= 0.6 is 0 Å². The third-order valence-corrected chi connectivity index (χ3v) is 2.91. The van der Waals surface area contributed by atoms with E-state index in [1.54, 1.807) is 0 Å². The molecule has 2 rings (SSSR count). The molecule has 1 amide bonds. The quantitative estimate of drug-likeness (QED) is 0.510. The molecule has 0 saturated heterocycles. The fourth-order valence-corrected chi connectivity index (χ4v) is 1.69. The molecule has 1 aliphatic rings. The number of rotatable bonds is 4. The van der Waals surface area contributed by atoms with Crippen LogP contribution in [0, 0.1) is 0 Å². The number of carboxylic acids is 1. The number of carbonyl (C=O) groups is 2. The lowest BCUT2D eigenvalue weighted by atomic mass is 10.1. The van der Waals surface area contributed by atoms with E-state index >= 15 is 0 Å². The molecule has 1 aromatic rings. The van der Waals surface area contributed by atoms with Crippen molar-refractivity contribution >= 4 is 18.0 Å². The van der Waals surface area contributed by atoms with Crippen molar-refractivity contribution < 1.29 is 27.9 Å². The molecule has 0 atom stereocenters. The van der Waals surface area contributed by atoms with Gasteiger partial charge in [0.25, 0.3) is 5.91 Å². The highest BCUT2D eigenvalue weighted by Crippen LogP contribution is 2.30. The van der Waals surface area contributed by atoms with Gasteiger partial charge in [-0.2, -0.15) is 13.2 Å². The molecule has 112 valence electrons. The summed E-state index contributed by atoms with van der Waals surface area (Å²) in [7, 11) is 0. The summed E-state index contributed by atoms with van der Waals surface area (Å²) in [6, 6.07) is 4.10. The fourth-order valence-electron chi connectivity index (χ4n) is 1.69. The Morgan fingerprint density at radius 2 is 1.95 bits per heavy atom. The number of amides is 1. The Morgan fingerprint density at radius 3 is 2.48 bits per heavy atom. The zero-order valence-electron chi connectivity index (χ0n) is 10.8. The number of carboxylic acid groups (broad SMARTS) is 1. The van der Waals surface area contributed by atoms with Crippen LogP contribution in [0.3, 0.4) is 0 Å². The van der Waals surface area contributed by atoms with Crippen LogP contribution in [0.4, 0.5) is 13.2 Å². The molecule has 0 heterocycles. The standard InChI is InChI=1S/C14H12F3NO3/c15-14(16,17)9-3-1-2-8(6-9)7-11(13(20)21)12(19)18-10-4-5-10/h1-3,6-7,10H,4-5H2,(H,18,19)(H,20,21)/b11-7-. The summed E-state index contributed by atoms with van der Waals surface area (Å²) in [5.74, 6) is -2.27. The van der Waals surface area contributed by atoms with Gasteiger partial charge in [0, 0.05) is 6.04 Å². The summed E-state index contributed by atoms with van der Waals surface area (Å²) in [5.41, 5.74) is -1.47. The van der Waals surface area contributed by atoms with Crippen LogP contribution in [-0.2, 0) is 15.8 Å². The van der Waals surface area contributed by atoms with Gasteiger partial charge in [0.05, 0.1) is 5.56 Å². The maximum atomic E-state index is 12.6. The van der Waals surface area contributed by atoms with Crippen LogP contribution in [0.5, 0.6) is 0 Å². The van der Waals surface area contributed by atoms with Gasteiger partial charge in [0.1, 0.15) is 5.57 Å². The molecule has 21 heavy (non-hydrogen) atoms. The summed E-state index contributed by atoms with van der Waals surface area (Å²) in [5, 5.41) is 11.5. The number of hydrogen-bond acceptors (Lipinski definition) is 2. The van der Waals surface area contributed by atoms with Crippen molar-refractivity contribution in [2.24, 2.45) is 0 Å². The predicted octanol–water partition coefficient (Wildman–Crippen LogP) is 2.45. The molecule has 7 heteroatoms. The zero-order valence-corrected chi connectivity index (χ0v) is 10.8. The molecule has 1 aromatic carbocycles. The number of halogens is 3. The zero-order chi connectivity index (χ0) is 15.6. The maximum absolute atomic E-state index is 12.6. The lowest BCUT2D eigenvalue weighted by Crippen LogP contribution is -2.30. The molecule has 1 saturated carbocycles. The number of nitrogens with one attached hydrogen (secondary N) is 1. The average molecular weight is 299 g/mol. The van der Waals surface area contributed by atoms with Crippen LogP contribution < -0.4 is 5.32 Å². The highest BCUT2D eigenvalue weighted by molar-refractivity contribution is 6.19. The van der Waals surface area contributed by atoms with E-state index < -0.39 is 29.2 Å². The van der Waals surface area contributed by atoms with Crippen LogP contribution in [0.15, 0.2) is 29.8 Å². The van der Waals surface area contributed by atoms with Gasteiger partial charge in [-0.3, -0.25) is 4.79 Å². The minimum atomic E-state index is -4.52. The van der Waals surface area contributed by atoms with E-state index in [0.717, 1.165) is 37.1 Å². The van der Waals surface area contributed by atoms with E-state index in [-0.39, 0.29) is 11.6 Å². The van der Waals surface area contributed by atoms with Crippen molar-refractivity contribution in [1.82, 2.24) is 5.32 Å². The number of alkyl halides is 3. The molecular formula is C14H12F3NO3. The smallest absolute Gasteiger partial charge is 0.416 e. The van der Waals surface area contributed by atoms with E-state index in [1.807, 2.05) is 0 Å². The molecule has 1 fully saturated rings. The minimum absolute atomic E-state index is 0.00757. The Hall–Kier alpha value is -2.31. The predicted molar refractivity (Wildman–Crippen MR) is 68.2 cm³/mol. The first-order chi connectivity index (χ1) is 9.77. The second kappa shape index (κ2) is 5.59. The fraction of sp³-hybridized carbons (Fsp3) is 0.286. The van der Waals surface area contributed by atoms with E-state index in [4.69, 9.17) is 5.11 Å². The molecule has 0 bridgehead atoms. The number of carbonyl (C=O) groups excluding carboxylic acids is 1. The minimum Gasteiger partial charge on any atom is -0.477 e. The van der Waals surface area contributed by atoms with Crippen molar-refractivity contribution in [1.29, 1.82) is 0 Å². The van der Waals surface area contributed by atoms with Gasteiger partial charge in [0.15, 0.2) is 0 Å². The first-order valence-corrected chi connectivity index (χ1v) is 6.20. The summed E-state index contributed by atoms with van der Waals surface area (Å²) in [6.07, 6.45) is -2.02. The summed E-state index contributed by atoms with van der Waals surface area (Å²) in [6.45, 7) is 0. The summed E-state index contributed by atoms with van der Waals surface area (Å²) in [4.78, 5) is 22.8. The Balaban J connectivity index is 2.29. The monoisotopic (exact) mass is 299 g/mol. The topological polar surface area (TPSA) is 66.4 Å². The Labute approximate surface area is 118 Å². The third kappa shape index (κ3) is 4.08. The number of aliphatic carboxylic acids is 1. The first-order valence-electron chi connectivity index (χ1n) is 6.20. The molecule has 0 unspecified atom stereocenters. The molecule has 1 aliphatic carbocycles. The van der Waals surface area contributed by atoms with Crippen molar-refractivity contribution in [3.05, 3.63) is 41.0 Å². The average Bonchev–Trinajstić information content (AvgIpc) is 3.18. The Bertz CT molecular complexity index is 604. The van der Waals surface area contributed by atoms with Crippen molar-refractivity contribution in [2.45, 2.75) is 25.1 Å². The Kier molecular flexibility index (Phi) is 4.02.